The van der Waals surface area contributed by atoms with Crippen LogP contribution in [-0.2, 0) is 0 Å². The molecular formula is C41H29N. The van der Waals surface area contributed by atoms with Gasteiger partial charge in [-0.3, -0.25) is 4.98 Å². The van der Waals surface area contributed by atoms with E-state index in [1.54, 1.807) is 0 Å². The third kappa shape index (κ3) is 3.97. The maximum absolute atomic E-state index is 4.80. The molecule has 198 valence electrons. The monoisotopic (exact) mass is 535 g/mol. The molecule has 0 saturated carbocycles. The molecule has 7 aromatic rings. The maximum atomic E-state index is 4.80. The summed E-state index contributed by atoms with van der Waals surface area (Å²) in [5.74, 6) is 0. The van der Waals surface area contributed by atoms with Gasteiger partial charge in [-0.25, -0.2) is 0 Å². The summed E-state index contributed by atoms with van der Waals surface area (Å²) in [6, 6.07) is 49.0. The summed E-state index contributed by atoms with van der Waals surface area (Å²) in [5, 5.41) is 2.37. The molecule has 1 aliphatic carbocycles. The van der Waals surface area contributed by atoms with Gasteiger partial charge >= 0.3 is 0 Å². The topological polar surface area (TPSA) is 12.9 Å². The maximum Gasteiger partial charge on any atom is 0.0780 e. The number of aryl methyl sites for hydroxylation is 2. The molecule has 0 aliphatic heterocycles. The smallest absolute Gasteiger partial charge is 0.0780 e. The second-order valence-electron chi connectivity index (χ2n) is 11.4. The SMILES string of the molecule is Cc1cc(C)cc(-c2nccc3cc(-c4ccc5c(c4)-c4ccccc4-c4ccccc4-c4ccccc4-5)ccc23)c1. The predicted octanol–water partition coefficient (Wildman–Crippen LogP) is 11.2. The second kappa shape index (κ2) is 9.68. The zero-order chi connectivity index (χ0) is 28.2. The van der Waals surface area contributed by atoms with Crippen LogP contribution in [0.4, 0.5) is 0 Å². The Bertz CT molecular complexity index is 2140. The fourth-order valence-electron chi connectivity index (χ4n) is 6.74. The molecular weight excluding hydrogens is 506 g/mol. The highest BCUT2D eigenvalue weighted by Crippen LogP contribution is 2.48. The summed E-state index contributed by atoms with van der Waals surface area (Å²) < 4.78 is 0. The number of fused-ring (bicyclic) bond motifs is 9. The van der Waals surface area contributed by atoms with Gasteiger partial charge in [0.2, 0.25) is 0 Å². The summed E-state index contributed by atoms with van der Waals surface area (Å²) in [7, 11) is 0. The van der Waals surface area contributed by atoms with Crippen LogP contribution < -0.4 is 0 Å². The summed E-state index contributed by atoms with van der Waals surface area (Å²) in [6.45, 7) is 4.30. The molecule has 0 radical (unpaired) electrons. The number of hydrogen-bond donors (Lipinski definition) is 0. The van der Waals surface area contributed by atoms with Gasteiger partial charge in [0.1, 0.15) is 0 Å². The van der Waals surface area contributed by atoms with E-state index in [-0.39, 0.29) is 0 Å². The van der Waals surface area contributed by atoms with E-state index in [2.05, 4.69) is 147 Å². The first kappa shape index (κ1) is 24.5. The molecule has 0 fully saturated rings. The van der Waals surface area contributed by atoms with Crippen molar-refractivity contribution in [2.45, 2.75) is 13.8 Å². The van der Waals surface area contributed by atoms with Crippen molar-refractivity contribution in [2.75, 3.05) is 0 Å². The number of hydrogen-bond acceptors (Lipinski definition) is 1. The second-order valence-corrected chi connectivity index (χ2v) is 11.4. The largest absolute Gasteiger partial charge is 0.256 e. The lowest BCUT2D eigenvalue weighted by molar-refractivity contribution is 1.32. The van der Waals surface area contributed by atoms with Gasteiger partial charge in [0.25, 0.3) is 0 Å². The number of nitrogens with zero attached hydrogens (tertiary/aromatic N) is 1. The van der Waals surface area contributed by atoms with Crippen molar-refractivity contribution in [2.24, 2.45) is 0 Å². The molecule has 0 atom stereocenters. The highest BCUT2D eigenvalue weighted by Gasteiger charge is 2.21. The van der Waals surface area contributed by atoms with Gasteiger partial charge in [0.15, 0.2) is 0 Å². The van der Waals surface area contributed by atoms with Crippen molar-refractivity contribution in [3.05, 3.63) is 151 Å². The van der Waals surface area contributed by atoms with Gasteiger partial charge in [-0.2, -0.15) is 0 Å². The zero-order valence-electron chi connectivity index (χ0n) is 23.7. The van der Waals surface area contributed by atoms with Crippen molar-refractivity contribution >= 4 is 10.8 Å². The average molecular weight is 536 g/mol. The van der Waals surface area contributed by atoms with Crippen LogP contribution in [0.2, 0.25) is 0 Å². The lowest BCUT2D eigenvalue weighted by Crippen LogP contribution is -1.97. The van der Waals surface area contributed by atoms with Crippen molar-refractivity contribution in [3.63, 3.8) is 0 Å². The minimum Gasteiger partial charge on any atom is -0.256 e. The number of benzene rings is 6. The number of rotatable bonds is 2. The molecule has 1 aliphatic rings. The Hall–Kier alpha value is -5.27. The first-order valence-electron chi connectivity index (χ1n) is 14.5. The van der Waals surface area contributed by atoms with Gasteiger partial charge in [0.05, 0.1) is 5.69 Å². The molecule has 0 amide bonds. The van der Waals surface area contributed by atoms with Crippen molar-refractivity contribution in [1.82, 2.24) is 4.98 Å². The van der Waals surface area contributed by atoms with Gasteiger partial charge in [-0.1, -0.05) is 114 Å². The van der Waals surface area contributed by atoms with Gasteiger partial charge in [-0.05, 0) is 105 Å². The molecule has 0 saturated heterocycles. The van der Waals surface area contributed by atoms with Crippen LogP contribution in [0.1, 0.15) is 11.1 Å². The molecule has 6 aromatic carbocycles. The van der Waals surface area contributed by atoms with Gasteiger partial charge in [0, 0.05) is 17.1 Å². The van der Waals surface area contributed by atoms with Gasteiger partial charge in [-0.15, -0.1) is 0 Å². The van der Waals surface area contributed by atoms with Crippen LogP contribution in [0.5, 0.6) is 0 Å². The molecule has 8 rings (SSSR count). The zero-order valence-corrected chi connectivity index (χ0v) is 23.7. The standard InChI is InChI=1S/C41H29N/c1-26-21-27(2)23-31(22-26)41-32-17-15-28(24-30(32)19-20-42-41)29-16-18-39-37-13-6-5-11-35(37)33-9-3-4-10-34(33)36-12-7-8-14-38(36)40(39)25-29/h3-25H,1-2H3. The Balaban J connectivity index is 1.33. The Kier molecular flexibility index (Phi) is 5.65. The van der Waals surface area contributed by atoms with Crippen molar-refractivity contribution in [3.8, 4) is 66.9 Å². The molecule has 1 aromatic heterocycles. The first-order valence-corrected chi connectivity index (χ1v) is 14.5. The van der Waals surface area contributed by atoms with Crippen molar-refractivity contribution in [1.29, 1.82) is 0 Å². The molecule has 42 heavy (non-hydrogen) atoms. The first-order chi connectivity index (χ1) is 20.6. The normalized spacial score (nSPS) is 11.6. The predicted molar refractivity (Wildman–Crippen MR) is 177 cm³/mol. The van der Waals surface area contributed by atoms with E-state index in [0.29, 0.717) is 0 Å². The van der Waals surface area contributed by atoms with E-state index in [0.717, 1.165) is 5.69 Å². The molecule has 1 heteroatoms. The van der Waals surface area contributed by atoms with E-state index in [1.807, 2.05) is 6.20 Å². The molecule has 0 bridgehead atoms. The van der Waals surface area contributed by atoms with Crippen LogP contribution in [0, 0.1) is 13.8 Å². The van der Waals surface area contributed by atoms with Crippen LogP contribution in [0.25, 0.3) is 77.7 Å². The highest BCUT2D eigenvalue weighted by molar-refractivity contribution is 6.04. The fraction of sp³-hybridized carbons (Fsp3) is 0.0488. The van der Waals surface area contributed by atoms with E-state index >= 15 is 0 Å². The minimum absolute atomic E-state index is 1.04. The Morgan fingerprint density at radius 2 is 0.857 bits per heavy atom. The van der Waals surface area contributed by atoms with Gasteiger partial charge < -0.3 is 0 Å². The highest BCUT2D eigenvalue weighted by atomic mass is 14.7. The summed E-state index contributed by atoms with van der Waals surface area (Å²) in [5.41, 5.74) is 17.3. The number of aromatic nitrogens is 1. The Morgan fingerprint density at radius 1 is 0.381 bits per heavy atom. The molecule has 0 N–H and O–H groups in total. The van der Waals surface area contributed by atoms with Crippen LogP contribution in [-0.4, -0.2) is 4.98 Å². The molecule has 1 heterocycles. The molecule has 0 unspecified atom stereocenters. The van der Waals surface area contributed by atoms with E-state index < -0.39 is 0 Å². The van der Waals surface area contributed by atoms with E-state index in [9.17, 15) is 0 Å². The third-order valence-corrected chi connectivity index (χ3v) is 8.55. The van der Waals surface area contributed by atoms with E-state index in [4.69, 9.17) is 4.98 Å². The summed E-state index contributed by atoms with van der Waals surface area (Å²) >= 11 is 0. The lowest BCUT2D eigenvalue weighted by Gasteiger charge is -2.23. The summed E-state index contributed by atoms with van der Waals surface area (Å²) in [6.07, 6.45) is 1.93. The van der Waals surface area contributed by atoms with Crippen LogP contribution in [0.3, 0.4) is 0 Å². The quantitative estimate of drug-likeness (QED) is 0.214. The average Bonchev–Trinajstić information content (AvgIpc) is 3.03. The fourth-order valence-corrected chi connectivity index (χ4v) is 6.74. The molecule has 1 nitrogen and oxygen atoms in total. The van der Waals surface area contributed by atoms with E-state index in [1.165, 1.54) is 83.1 Å². The lowest BCUT2D eigenvalue weighted by atomic mass is 9.80. The number of pyridine rings is 1. The van der Waals surface area contributed by atoms with Crippen LogP contribution in [0.15, 0.2) is 140 Å². The van der Waals surface area contributed by atoms with Crippen molar-refractivity contribution < 1.29 is 0 Å². The van der Waals surface area contributed by atoms with Crippen LogP contribution >= 0.6 is 0 Å². The Morgan fingerprint density at radius 3 is 1.43 bits per heavy atom. The molecule has 0 spiro atoms. The summed E-state index contributed by atoms with van der Waals surface area (Å²) in [4.78, 5) is 4.80. The third-order valence-electron chi connectivity index (χ3n) is 8.55. The Labute approximate surface area is 246 Å². The minimum atomic E-state index is 1.04.